The predicted octanol–water partition coefficient (Wildman–Crippen LogP) is 2.97. The normalized spacial score (nSPS) is 1.50. The molecule has 0 saturated heterocycles. The van der Waals surface area contributed by atoms with Gasteiger partial charge in [0, 0.05) is 20.4 Å². The van der Waals surface area contributed by atoms with Gasteiger partial charge in [0.15, 0.2) is 0 Å². The zero-order valence-electron chi connectivity index (χ0n) is 1.57. The van der Waals surface area contributed by atoms with E-state index in [1.807, 2.05) is 20.4 Å². The first-order chi connectivity index (χ1) is 1.00. The van der Waals surface area contributed by atoms with E-state index in [1.54, 1.807) is 0 Å². The highest BCUT2D eigenvalue weighted by Gasteiger charge is 1.00. The fourth-order valence-electron chi connectivity index (χ4n) is 0. The quantitative estimate of drug-likeness (QED) is 0.486. The lowest BCUT2D eigenvalue weighted by atomic mass is 79.9. The molecule has 0 amide bonds. The van der Waals surface area contributed by atoms with Crippen LogP contribution in [-0.2, 0) is 0 Å². The molecule has 0 unspecified atom stereocenters. The van der Waals surface area contributed by atoms with E-state index in [0.29, 0.717) is 0 Å². The third-order valence-corrected chi connectivity index (χ3v) is 0. The molecular formula is H2BrI3. The van der Waals surface area contributed by atoms with Gasteiger partial charge in [-0.25, -0.2) is 0 Å². The molecule has 0 aromatic rings. The SMILES string of the molecule is BrI.I.I. The van der Waals surface area contributed by atoms with Gasteiger partial charge in [-0.1, -0.05) is 0 Å². The summed E-state index contributed by atoms with van der Waals surface area (Å²) in [4.78, 5) is 0. The third kappa shape index (κ3) is 8.82. The van der Waals surface area contributed by atoms with E-state index in [4.69, 9.17) is 0 Å². The Balaban J connectivity index is -0.00000000500. The van der Waals surface area contributed by atoms with E-state index in [0.717, 1.165) is 0 Å². The van der Waals surface area contributed by atoms with Crippen LogP contribution in [0.1, 0.15) is 0 Å². The Morgan fingerprint density at radius 2 is 1.00 bits per heavy atom. The Labute approximate surface area is 79.4 Å². The van der Waals surface area contributed by atoms with Gasteiger partial charge < -0.3 is 0 Å². The summed E-state index contributed by atoms with van der Waals surface area (Å²) in [6.45, 7) is 0. The van der Waals surface area contributed by atoms with Crippen LogP contribution in [0.25, 0.3) is 0 Å². The largest absolute Gasteiger partial charge is 0.107 e. The van der Waals surface area contributed by atoms with Crippen molar-refractivity contribution in [3.8, 4) is 0 Å². The van der Waals surface area contributed by atoms with Crippen LogP contribution in [0.3, 0.4) is 0 Å². The summed E-state index contributed by atoms with van der Waals surface area (Å²) in [5.41, 5.74) is 0. The standard InChI is InChI=1S/BrI.2HI/c1-2;;/h;2*1H. The smallest absolute Gasteiger partial charge is 0.00711 e. The van der Waals surface area contributed by atoms with Crippen LogP contribution in [0, 0.1) is 0 Å². The van der Waals surface area contributed by atoms with E-state index in [1.165, 1.54) is 0 Å². The van der Waals surface area contributed by atoms with E-state index < -0.39 is 0 Å². The Kier molecular flexibility index (Phi) is 69.0. The molecule has 0 heterocycles. The maximum Gasteiger partial charge on any atom is 0.00711 e. The molecule has 4 heavy (non-hydrogen) atoms. The van der Waals surface area contributed by atoms with E-state index in [9.17, 15) is 0 Å². The van der Waals surface area contributed by atoms with Gasteiger partial charge >= 0.3 is 0 Å². The van der Waals surface area contributed by atoms with Crippen LogP contribution in [0.4, 0.5) is 0 Å². The highest BCUT2D eigenvalue weighted by Crippen LogP contribution is 1.87. The first-order valence-corrected chi connectivity index (χ1v) is 4.98. The van der Waals surface area contributed by atoms with Crippen molar-refractivity contribution < 1.29 is 0 Å². The fraction of sp³-hybridized carbons (Fsp3) is 0. The second-order valence-electron chi connectivity index (χ2n) is 0. The van der Waals surface area contributed by atoms with Gasteiger partial charge in [0.2, 0.25) is 0 Å². The number of hydrogen-bond donors (Lipinski definition) is 0. The maximum absolute atomic E-state index is 2.91. The van der Waals surface area contributed by atoms with Crippen molar-refractivity contribution in [2.75, 3.05) is 0 Å². The fourth-order valence-corrected chi connectivity index (χ4v) is 0. The monoisotopic (exact) mass is 462 g/mol. The van der Waals surface area contributed by atoms with Crippen molar-refractivity contribution in [2.45, 2.75) is 0 Å². The topological polar surface area (TPSA) is 0 Å². The Hall–Kier alpha value is 2.67. The molecule has 0 spiro atoms. The second kappa shape index (κ2) is 17.3. The summed E-state index contributed by atoms with van der Waals surface area (Å²) in [6, 6.07) is 0. The molecule has 0 nitrogen and oxygen atoms in total. The molecule has 0 aliphatic heterocycles. The van der Waals surface area contributed by atoms with Gasteiger partial charge in [-0.15, -0.1) is 48.0 Å². The maximum atomic E-state index is 2.91. The minimum absolute atomic E-state index is 0. The molecule has 0 aromatic carbocycles. The summed E-state index contributed by atoms with van der Waals surface area (Å²) in [6.07, 6.45) is 0. The highest BCUT2D eigenvalue weighted by molar-refractivity contribution is 14.2. The Morgan fingerprint density at radius 3 is 1.00 bits per heavy atom. The van der Waals surface area contributed by atoms with Gasteiger partial charge in [0.05, 0.1) is 0 Å². The van der Waals surface area contributed by atoms with Crippen molar-refractivity contribution in [2.24, 2.45) is 0 Å². The molecule has 0 radical (unpaired) electrons. The highest BCUT2D eigenvalue weighted by atomic mass is 127. The van der Waals surface area contributed by atoms with Crippen LogP contribution in [0.2, 0.25) is 0 Å². The second-order valence-corrected chi connectivity index (χ2v) is 0. The molecule has 0 aliphatic rings. The molecule has 0 rings (SSSR count). The first-order valence-electron chi connectivity index (χ1n) is 0.143. The Bertz CT molecular complexity index is 3.25. The number of hydrogen-bond acceptors (Lipinski definition) is 0. The van der Waals surface area contributed by atoms with Gasteiger partial charge in [-0.05, 0) is 12.7 Å². The molecule has 4 heteroatoms. The summed E-state index contributed by atoms with van der Waals surface area (Å²) in [7, 11) is 0. The molecule has 0 bridgehead atoms. The molecule has 0 aromatic heterocycles. The van der Waals surface area contributed by atoms with Crippen LogP contribution in [-0.4, -0.2) is 0 Å². The summed E-state index contributed by atoms with van der Waals surface area (Å²) in [5.74, 6) is 0. The molecular weight excluding hydrogens is 461 g/mol. The van der Waals surface area contributed by atoms with E-state index in [2.05, 4.69) is 12.7 Å². The first kappa shape index (κ1) is 15.9. The lowest BCUT2D eigenvalue weighted by Crippen LogP contribution is -0.135. The zero-order chi connectivity index (χ0) is 2.00. The zero-order valence-corrected chi connectivity index (χ0v) is 9.98. The molecule has 0 fully saturated rings. The van der Waals surface area contributed by atoms with Gasteiger partial charge in [-0.3, -0.25) is 0 Å². The van der Waals surface area contributed by atoms with Crippen LogP contribution < -0.4 is 0 Å². The molecule has 0 N–H and O–H groups in total. The minimum atomic E-state index is 0. The lowest BCUT2D eigenvalue weighted by Gasteiger charge is -1.00. The van der Waals surface area contributed by atoms with Crippen molar-refractivity contribution in [3.63, 3.8) is 0 Å². The summed E-state index contributed by atoms with van der Waals surface area (Å²) in [5, 5.41) is 0. The van der Waals surface area contributed by atoms with Crippen LogP contribution >= 0.6 is 81.0 Å². The predicted molar refractivity (Wildman–Crippen MR) is 53.8 cm³/mol. The van der Waals surface area contributed by atoms with Crippen molar-refractivity contribution >= 4 is 81.0 Å². The molecule has 0 saturated carbocycles. The van der Waals surface area contributed by atoms with Crippen LogP contribution in [0.15, 0.2) is 0 Å². The summed E-state index contributed by atoms with van der Waals surface area (Å²) >= 11 is 4.87. The molecule has 0 aliphatic carbocycles. The average Bonchev–Trinajstić information content (AvgIpc) is 1.00. The van der Waals surface area contributed by atoms with E-state index >= 15 is 0 Å². The van der Waals surface area contributed by atoms with Crippen molar-refractivity contribution in [1.82, 2.24) is 0 Å². The number of halogens is 4. The van der Waals surface area contributed by atoms with Gasteiger partial charge in [-0.2, -0.15) is 0 Å². The minimum Gasteiger partial charge on any atom is -0.107 e. The molecule has 30 valence electrons. The summed E-state index contributed by atoms with van der Waals surface area (Å²) < 4.78 is 0. The van der Waals surface area contributed by atoms with Crippen molar-refractivity contribution in [1.29, 1.82) is 0 Å². The third-order valence-electron chi connectivity index (χ3n) is 0. The number of rotatable bonds is 0. The van der Waals surface area contributed by atoms with E-state index in [-0.39, 0.29) is 48.0 Å². The van der Waals surface area contributed by atoms with Gasteiger partial charge in [0.1, 0.15) is 0 Å². The van der Waals surface area contributed by atoms with Gasteiger partial charge in [0.25, 0.3) is 0 Å². The lowest BCUT2D eigenvalue weighted by molar-refractivity contribution is 8.74. The van der Waals surface area contributed by atoms with Crippen LogP contribution in [0.5, 0.6) is 0 Å². The van der Waals surface area contributed by atoms with Crippen molar-refractivity contribution in [3.05, 3.63) is 0 Å². The molecule has 0 atom stereocenters. The average molecular weight is 463 g/mol. The Morgan fingerprint density at radius 1 is 1.00 bits per heavy atom.